The predicted molar refractivity (Wildman–Crippen MR) is 80.1 cm³/mol. The van der Waals surface area contributed by atoms with Crippen LogP contribution < -0.4 is 5.30 Å². The molecule has 1 N–H and O–H groups in total. The predicted octanol–water partition coefficient (Wildman–Crippen LogP) is 4.22. The maximum Gasteiger partial charge on any atom is 0.358 e. The molecule has 0 heterocycles. The van der Waals surface area contributed by atoms with Gasteiger partial charge in [0.1, 0.15) is 0 Å². The number of hydrogen-bond acceptors (Lipinski definition) is 2. The van der Waals surface area contributed by atoms with Crippen molar-refractivity contribution in [1.82, 2.24) is 0 Å². The molecular formula is C15H25O3P. The van der Waals surface area contributed by atoms with E-state index in [4.69, 9.17) is 4.52 Å². The minimum Gasteiger partial charge on any atom is -0.321 e. The van der Waals surface area contributed by atoms with Crippen LogP contribution in [0.4, 0.5) is 0 Å². The molecule has 0 bridgehead atoms. The summed E-state index contributed by atoms with van der Waals surface area (Å²) in [4.78, 5) is 9.91. The van der Waals surface area contributed by atoms with Gasteiger partial charge < -0.3 is 9.42 Å². The van der Waals surface area contributed by atoms with E-state index >= 15 is 0 Å². The van der Waals surface area contributed by atoms with Gasteiger partial charge in [-0.2, -0.15) is 0 Å². The topological polar surface area (TPSA) is 46.5 Å². The van der Waals surface area contributed by atoms with Gasteiger partial charge in [-0.15, -0.1) is 0 Å². The zero-order valence-electron chi connectivity index (χ0n) is 12.1. The van der Waals surface area contributed by atoms with Crippen molar-refractivity contribution >= 4 is 12.9 Å². The largest absolute Gasteiger partial charge is 0.358 e. The number of unbranched alkanes of at least 4 members (excludes halogenated alkanes) is 3. The number of hydrogen-bond donors (Lipinski definition) is 1. The molecule has 19 heavy (non-hydrogen) atoms. The first-order chi connectivity index (χ1) is 8.97. The van der Waals surface area contributed by atoms with E-state index in [1.54, 1.807) is 12.1 Å². The van der Waals surface area contributed by atoms with Crippen LogP contribution in [0, 0.1) is 0 Å². The molecule has 1 rings (SSSR count). The molecule has 0 spiro atoms. The van der Waals surface area contributed by atoms with Crippen LogP contribution in [0.25, 0.3) is 0 Å². The molecule has 0 radical (unpaired) electrons. The Labute approximate surface area is 116 Å². The van der Waals surface area contributed by atoms with E-state index in [0.717, 1.165) is 31.2 Å². The van der Waals surface area contributed by atoms with Gasteiger partial charge in [-0.1, -0.05) is 52.2 Å². The lowest BCUT2D eigenvalue weighted by Crippen LogP contribution is -2.08. The Bertz CT molecular complexity index is 412. The molecule has 0 aliphatic carbocycles. The summed E-state index contributed by atoms with van der Waals surface area (Å²) in [5.74, 6) is 0.419. The molecule has 1 atom stereocenters. The molecule has 0 aliphatic heterocycles. The first kappa shape index (κ1) is 16.4. The van der Waals surface area contributed by atoms with Crippen molar-refractivity contribution in [2.24, 2.45) is 0 Å². The molecule has 3 nitrogen and oxygen atoms in total. The summed E-state index contributed by atoms with van der Waals surface area (Å²) in [7, 11) is -3.64. The second-order valence-corrected chi connectivity index (χ2v) is 6.98. The van der Waals surface area contributed by atoms with Gasteiger partial charge in [-0.05, 0) is 30.0 Å². The van der Waals surface area contributed by atoms with Crippen LogP contribution in [0.2, 0.25) is 0 Å². The smallest absolute Gasteiger partial charge is 0.321 e. The van der Waals surface area contributed by atoms with Gasteiger partial charge in [-0.3, -0.25) is 4.57 Å². The Morgan fingerprint density at radius 3 is 2.32 bits per heavy atom. The van der Waals surface area contributed by atoms with Gasteiger partial charge in [-0.25, -0.2) is 0 Å². The summed E-state index contributed by atoms with van der Waals surface area (Å²) in [5, 5.41) is 0.382. The van der Waals surface area contributed by atoms with Crippen LogP contribution in [0.5, 0.6) is 0 Å². The molecule has 4 heteroatoms. The lowest BCUT2D eigenvalue weighted by molar-refractivity contribution is 0.262. The summed E-state index contributed by atoms with van der Waals surface area (Å²) < 4.78 is 17.2. The van der Waals surface area contributed by atoms with Crippen molar-refractivity contribution in [2.45, 2.75) is 52.4 Å². The highest BCUT2D eigenvalue weighted by molar-refractivity contribution is 7.61. The van der Waals surface area contributed by atoms with Crippen LogP contribution in [0.15, 0.2) is 24.3 Å². The highest BCUT2D eigenvalue weighted by atomic mass is 31.2. The van der Waals surface area contributed by atoms with E-state index in [-0.39, 0.29) is 0 Å². The fourth-order valence-corrected chi connectivity index (χ4v) is 2.89. The molecule has 0 saturated carbocycles. The van der Waals surface area contributed by atoms with Crippen molar-refractivity contribution in [3.8, 4) is 0 Å². The lowest BCUT2D eigenvalue weighted by atomic mass is 10.0. The molecule has 1 aromatic rings. The Kier molecular flexibility index (Phi) is 6.78. The minimum atomic E-state index is -3.64. The fourth-order valence-electron chi connectivity index (χ4n) is 1.84. The molecule has 0 fully saturated rings. The third-order valence-electron chi connectivity index (χ3n) is 3.15. The molecule has 0 saturated heterocycles. The Balaban J connectivity index is 2.54. The quantitative estimate of drug-likeness (QED) is 0.574. The molecular weight excluding hydrogens is 259 g/mol. The Morgan fingerprint density at radius 2 is 1.79 bits per heavy atom. The van der Waals surface area contributed by atoms with E-state index in [1.165, 1.54) is 0 Å². The molecule has 108 valence electrons. The Morgan fingerprint density at radius 1 is 1.16 bits per heavy atom. The molecule has 1 aromatic carbocycles. The molecule has 0 amide bonds. The lowest BCUT2D eigenvalue weighted by Gasteiger charge is -2.13. The minimum absolute atomic E-state index is 0.347. The van der Waals surface area contributed by atoms with Gasteiger partial charge in [0, 0.05) is 0 Å². The first-order valence-corrected chi connectivity index (χ1v) is 8.63. The SMILES string of the molecule is CCCCCCOP(=O)(O)c1ccc(C(C)C)cc1. The molecule has 0 aliphatic rings. The van der Waals surface area contributed by atoms with Gasteiger partial charge in [0.25, 0.3) is 0 Å². The zero-order chi connectivity index (χ0) is 14.3. The van der Waals surface area contributed by atoms with Crippen LogP contribution in [0.3, 0.4) is 0 Å². The van der Waals surface area contributed by atoms with Crippen molar-refractivity contribution < 1.29 is 14.0 Å². The third-order valence-corrected chi connectivity index (χ3v) is 4.63. The first-order valence-electron chi connectivity index (χ1n) is 7.05. The van der Waals surface area contributed by atoms with E-state index in [0.29, 0.717) is 17.8 Å². The molecule has 1 unspecified atom stereocenters. The highest BCUT2D eigenvalue weighted by Crippen LogP contribution is 2.40. The van der Waals surface area contributed by atoms with E-state index in [9.17, 15) is 9.46 Å². The van der Waals surface area contributed by atoms with Crippen LogP contribution in [-0.2, 0) is 9.09 Å². The summed E-state index contributed by atoms with van der Waals surface area (Å²) in [6.45, 7) is 6.67. The number of rotatable bonds is 8. The fraction of sp³-hybridized carbons (Fsp3) is 0.600. The van der Waals surface area contributed by atoms with Gasteiger partial charge >= 0.3 is 7.60 Å². The summed E-state index contributed by atoms with van der Waals surface area (Å²) in [5.41, 5.74) is 1.16. The van der Waals surface area contributed by atoms with E-state index in [1.807, 2.05) is 12.1 Å². The molecule has 0 aromatic heterocycles. The normalized spacial score (nSPS) is 14.6. The van der Waals surface area contributed by atoms with Gasteiger partial charge in [0.05, 0.1) is 11.9 Å². The van der Waals surface area contributed by atoms with Gasteiger partial charge in [0.2, 0.25) is 0 Å². The van der Waals surface area contributed by atoms with Crippen molar-refractivity contribution in [3.05, 3.63) is 29.8 Å². The van der Waals surface area contributed by atoms with E-state index < -0.39 is 7.60 Å². The monoisotopic (exact) mass is 284 g/mol. The van der Waals surface area contributed by atoms with Crippen molar-refractivity contribution in [3.63, 3.8) is 0 Å². The van der Waals surface area contributed by atoms with Crippen LogP contribution in [0.1, 0.15) is 57.9 Å². The third kappa shape index (κ3) is 5.48. The van der Waals surface area contributed by atoms with Gasteiger partial charge in [0.15, 0.2) is 0 Å². The standard InChI is InChI=1S/C15H25O3P/c1-4-5-6-7-12-18-19(16,17)15-10-8-14(9-11-15)13(2)3/h8-11,13H,4-7,12H2,1-3H3,(H,16,17). The number of benzene rings is 1. The highest BCUT2D eigenvalue weighted by Gasteiger charge is 2.22. The maximum absolute atomic E-state index is 12.1. The summed E-state index contributed by atoms with van der Waals surface area (Å²) in [6.07, 6.45) is 4.17. The average Bonchev–Trinajstić information content (AvgIpc) is 2.38. The van der Waals surface area contributed by atoms with Crippen LogP contribution >= 0.6 is 7.60 Å². The maximum atomic E-state index is 12.1. The van der Waals surface area contributed by atoms with Crippen molar-refractivity contribution in [2.75, 3.05) is 6.61 Å². The summed E-state index contributed by atoms with van der Waals surface area (Å²) in [6, 6.07) is 7.18. The van der Waals surface area contributed by atoms with E-state index in [2.05, 4.69) is 20.8 Å². The van der Waals surface area contributed by atoms with Crippen molar-refractivity contribution in [1.29, 1.82) is 0 Å². The zero-order valence-corrected chi connectivity index (χ0v) is 13.0. The Hall–Kier alpha value is -0.630. The second kappa shape index (κ2) is 7.84. The second-order valence-electron chi connectivity index (χ2n) is 5.16. The average molecular weight is 284 g/mol. The van der Waals surface area contributed by atoms with Crippen LogP contribution in [-0.4, -0.2) is 11.5 Å². The summed E-state index contributed by atoms with van der Waals surface area (Å²) >= 11 is 0.